The maximum Gasteiger partial charge on any atom is 0.180 e. The van der Waals surface area contributed by atoms with E-state index in [0.717, 1.165) is 5.56 Å². The zero-order chi connectivity index (χ0) is 12.7. The number of hydrogen-bond donors (Lipinski definition) is 0. The number of benzene rings is 1. The second-order valence-corrected chi connectivity index (χ2v) is 4.30. The molecule has 0 aliphatic carbocycles. The van der Waals surface area contributed by atoms with Crippen LogP contribution in [0.2, 0.25) is 5.15 Å². The first-order valence-electron chi connectivity index (χ1n) is 5.28. The topological polar surface area (TPSA) is 43.1 Å². The summed E-state index contributed by atoms with van der Waals surface area (Å²) < 4.78 is 14.9. The van der Waals surface area contributed by atoms with Gasteiger partial charge >= 0.3 is 0 Å². The number of rotatable bonds is 1. The van der Waals surface area contributed by atoms with Gasteiger partial charge in [0.1, 0.15) is 11.0 Å². The molecule has 0 aliphatic rings. The second-order valence-electron chi connectivity index (χ2n) is 3.91. The Morgan fingerprint density at radius 3 is 2.83 bits per heavy atom. The van der Waals surface area contributed by atoms with E-state index in [1.807, 2.05) is 0 Å². The zero-order valence-corrected chi connectivity index (χ0v) is 10.2. The molecule has 90 valence electrons. The molecule has 0 saturated carbocycles. The minimum atomic E-state index is -0.250. The normalized spacial score (nSPS) is 11.1. The van der Waals surface area contributed by atoms with Crippen LogP contribution in [0.5, 0.6) is 0 Å². The molecule has 0 bridgehead atoms. The van der Waals surface area contributed by atoms with Crippen LogP contribution in [-0.4, -0.2) is 19.6 Å². The maximum absolute atomic E-state index is 13.3. The van der Waals surface area contributed by atoms with Crippen molar-refractivity contribution in [2.75, 3.05) is 0 Å². The Balaban J connectivity index is 2.28. The zero-order valence-electron chi connectivity index (χ0n) is 9.43. The molecule has 2 heterocycles. The lowest BCUT2D eigenvalue weighted by Crippen LogP contribution is -1.93. The van der Waals surface area contributed by atoms with Gasteiger partial charge in [0.15, 0.2) is 11.5 Å². The molecule has 0 N–H and O–H groups in total. The molecule has 0 radical (unpaired) electrons. The Bertz CT molecular complexity index is 738. The summed E-state index contributed by atoms with van der Waals surface area (Å²) in [5, 5.41) is 8.46. The monoisotopic (exact) mass is 262 g/mol. The summed E-state index contributed by atoms with van der Waals surface area (Å²) in [4.78, 5) is 3.94. The molecule has 4 nitrogen and oxygen atoms in total. The van der Waals surface area contributed by atoms with Crippen molar-refractivity contribution < 1.29 is 4.39 Å². The first-order valence-corrected chi connectivity index (χ1v) is 5.66. The minimum Gasteiger partial charge on any atom is -0.262 e. The fourth-order valence-corrected chi connectivity index (χ4v) is 2.01. The Hall–Kier alpha value is -2.01. The predicted octanol–water partition coefficient (Wildman–Crippen LogP) is 2.89. The fourth-order valence-electron chi connectivity index (χ4n) is 1.78. The third-order valence-electron chi connectivity index (χ3n) is 2.69. The van der Waals surface area contributed by atoms with E-state index in [4.69, 9.17) is 11.6 Å². The van der Waals surface area contributed by atoms with E-state index in [-0.39, 0.29) is 5.82 Å². The number of nitrogens with zero attached hydrogens (tertiary/aromatic N) is 4. The van der Waals surface area contributed by atoms with Crippen molar-refractivity contribution in [3.05, 3.63) is 47.1 Å². The lowest BCUT2D eigenvalue weighted by atomic mass is 10.1. The van der Waals surface area contributed by atoms with Crippen molar-refractivity contribution >= 4 is 17.2 Å². The highest BCUT2D eigenvalue weighted by molar-refractivity contribution is 6.29. The van der Waals surface area contributed by atoms with E-state index in [1.54, 1.807) is 29.7 Å². The second kappa shape index (κ2) is 4.03. The minimum absolute atomic E-state index is 0.250. The molecule has 0 fully saturated rings. The van der Waals surface area contributed by atoms with Crippen molar-refractivity contribution in [1.82, 2.24) is 19.6 Å². The summed E-state index contributed by atoms with van der Waals surface area (Å²) in [7, 11) is 0. The van der Waals surface area contributed by atoms with Gasteiger partial charge in [-0.2, -0.15) is 0 Å². The van der Waals surface area contributed by atoms with E-state index in [9.17, 15) is 4.39 Å². The molecule has 0 atom stereocenters. The first-order chi connectivity index (χ1) is 8.66. The smallest absolute Gasteiger partial charge is 0.180 e. The maximum atomic E-state index is 13.3. The number of aryl methyl sites for hydroxylation is 1. The average Bonchev–Trinajstić information content (AvgIpc) is 2.78. The van der Waals surface area contributed by atoms with Gasteiger partial charge in [0, 0.05) is 5.56 Å². The van der Waals surface area contributed by atoms with Gasteiger partial charge in [-0.25, -0.2) is 4.39 Å². The van der Waals surface area contributed by atoms with Crippen LogP contribution in [0, 0.1) is 12.7 Å². The molecule has 0 aliphatic heterocycles. The van der Waals surface area contributed by atoms with E-state index >= 15 is 0 Å². The highest BCUT2D eigenvalue weighted by atomic mass is 35.5. The standard InChI is InChI=1S/C12H8ClFN4/c1-7-4-8(2-3-9(7)14)12-17-16-11-6-15-5-10(13)18(11)12/h2-6H,1H3. The molecule has 0 spiro atoms. The third-order valence-corrected chi connectivity index (χ3v) is 2.96. The SMILES string of the molecule is Cc1cc(-c2nnc3cncc(Cl)n23)ccc1F. The summed E-state index contributed by atoms with van der Waals surface area (Å²) in [5.74, 6) is 0.320. The molecule has 18 heavy (non-hydrogen) atoms. The molecular formula is C12H8ClFN4. The van der Waals surface area contributed by atoms with Crippen molar-refractivity contribution in [1.29, 1.82) is 0 Å². The first kappa shape index (κ1) is 11.1. The van der Waals surface area contributed by atoms with Crippen LogP contribution in [0.1, 0.15) is 5.56 Å². The highest BCUT2D eigenvalue weighted by Crippen LogP contribution is 2.23. The molecule has 0 amide bonds. The van der Waals surface area contributed by atoms with Crippen LogP contribution in [0.3, 0.4) is 0 Å². The van der Waals surface area contributed by atoms with E-state index in [2.05, 4.69) is 15.2 Å². The lowest BCUT2D eigenvalue weighted by Gasteiger charge is -2.03. The summed E-state index contributed by atoms with van der Waals surface area (Å²) in [6.45, 7) is 1.70. The lowest BCUT2D eigenvalue weighted by molar-refractivity contribution is 0.618. The number of fused-ring (bicyclic) bond motifs is 1. The molecule has 3 rings (SSSR count). The van der Waals surface area contributed by atoms with Gasteiger partial charge < -0.3 is 0 Å². The largest absolute Gasteiger partial charge is 0.262 e. The van der Waals surface area contributed by atoms with Crippen LogP contribution in [0.4, 0.5) is 4.39 Å². The van der Waals surface area contributed by atoms with Gasteiger partial charge in [-0.15, -0.1) is 10.2 Å². The third kappa shape index (κ3) is 1.64. The van der Waals surface area contributed by atoms with Crippen LogP contribution in [0.15, 0.2) is 30.6 Å². The Morgan fingerprint density at radius 2 is 2.06 bits per heavy atom. The summed E-state index contributed by atoms with van der Waals surface area (Å²) in [6, 6.07) is 4.76. The quantitative estimate of drug-likeness (QED) is 0.677. The van der Waals surface area contributed by atoms with Crippen molar-refractivity contribution in [3.8, 4) is 11.4 Å². The van der Waals surface area contributed by atoms with Gasteiger partial charge in [0.2, 0.25) is 0 Å². The molecule has 6 heteroatoms. The molecule has 3 aromatic rings. The summed E-state index contributed by atoms with van der Waals surface area (Å²) in [5.41, 5.74) is 1.86. The van der Waals surface area contributed by atoms with Gasteiger partial charge in [-0.05, 0) is 30.7 Å². The van der Waals surface area contributed by atoms with Gasteiger partial charge in [0.25, 0.3) is 0 Å². The Kier molecular flexibility index (Phi) is 2.48. The Labute approximate surface area is 107 Å². The highest BCUT2D eigenvalue weighted by Gasteiger charge is 2.11. The summed E-state index contributed by atoms with van der Waals surface area (Å²) >= 11 is 6.07. The average molecular weight is 263 g/mol. The van der Waals surface area contributed by atoms with Crippen LogP contribution >= 0.6 is 11.6 Å². The fraction of sp³-hybridized carbons (Fsp3) is 0.0833. The van der Waals surface area contributed by atoms with E-state index in [0.29, 0.717) is 22.2 Å². The van der Waals surface area contributed by atoms with Crippen LogP contribution in [0.25, 0.3) is 17.0 Å². The number of aromatic nitrogens is 4. The summed E-state index contributed by atoms with van der Waals surface area (Å²) in [6.07, 6.45) is 3.08. The van der Waals surface area contributed by atoms with Crippen molar-refractivity contribution in [2.45, 2.75) is 6.92 Å². The number of halogens is 2. The van der Waals surface area contributed by atoms with Crippen LogP contribution < -0.4 is 0 Å². The van der Waals surface area contributed by atoms with Gasteiger partial charge in [-0.1, -0.05) is 11.6 Å². The van der Waals surface area contributed by atoms with Gasteiger partial charge in [0.05, 0.1) is 12.4 Å². The van der Waals surface area contributed by atoms with E-state index < -0.39 is 0 Å². The van der Waals surface area contributed by atoms with E-state index in [1.165, 1.54) is 12.3 Å². The number of hydrogen-bond acceptors (Lipinski definition) is 3. The van der Waals surface area contributed by atoms with Gasteiger partial charge in [-0.3, -0.25) is 9.38 Å². The predicted molar refractivity (Wildman–Crippen MR) is 65.9 cm³/mol. The molecule has 1 aromatic carbocycles. The van der Waals surface area contributed by atoms with Crippen LogP contribution in [-0.2, 0) is 0 Å². The molecule has 0 saturated heterocycles. The molecular weight excluding hydrogens is 255 g/mol. The van der Waals surface area contributed by atoms with Crippen molar-refractivity contribution in [2.24, 2.45) is 0 Å². The Morgan fingerprint density at radius 1 is 1.22 bits per heavy atom. The van der Waals surface area contributed by atoms with Crippen molar-refractivity contribution in [3.63, 3.8) is 0 Å². The molecule has 0 unspecified atom stereocenters. The molecule has 2 aromatic heterocycles.